The van der Waals surface area contributed by atoms with E-state index in [1.54, 1.807) is 6.07 Å². The smallest absolute Gasteiger partial charge is 0.315 e. The van der Waals surface area contributed by atoms with Gasteiger partial charge < -0.3 is 20.1 Å². The number of hydrogen-bond acceptors (Lipinski definition) is 5. The maximum Gasteiger partial charge on any atom is 0.315 e. The monoisotopic (exact) mass is 356 g/mol. The van der Waals surface area contributed by atoms with Crippen molar-refractivity contribution in [3.8, 4) is 11.5 Å². The van der Waals surface area contributed by atoms with E-state index < -0.39 is 0 Å². The molecule has 0 bridgehead atoms. The lowest BCUT2D eigenvalue weighted by Crippen LogP contribution is -2.38. The highest BCUT2D eigenvalue weighted by Gasteiger charge is 2.15. The summed E-state index contributed by atoms with van der Waals surface area (Å²) in [5, 5.41) is 9.90. The van der Waals surface area contributed by atoms with Crippen LogP contribution in [0.25, 0.3) is 0 Å². The number of rotatable bonds is 5. The Kier molecular flexibility index (Phi) is 4.47. The number of nitrogens with one attached hydrogen (secondary N) is 2. The Morgan fingerprint density at radius 2 is 2.04 bits per heavy atom. The van der Waals surface area contributed by atoms with Crippen molar-refractivity contribution in [3.63, 3.8) is 0 Å². The number of nitrogens with zero attached hydrogens (tertiary/aromatic N) is 2. The summed E-state index contributed by atoms with van der Waals surface area (Å²) < 4.78 is 12.0. The molecule has 0 unspecified atom stereocenters. The molecule has 2 aliphatic rings. The molecular weight excluding hydrogens is 336 g/mol. The maximum absolute atomic E-state index is 12.0. The Morgan fingerprint density at radius 3 is 2.96 bits per heavy atom. The molecule has 2 heterocycles. The summed E-state index contributed by atoms with van der Waals surface area (Å²) in [6, 6.07) is 6.91. The topological polar surface area (TPSA) is 94.5 Å². The van der Waals surface area contributed by atoms with Crippen molar-refractivity contribution < 1.29 is 14.3 Å². The summed E-state index contributed by atoms with van der Waals surface area (Å²) in [4.78, 5) is 23.9. The van der Waals surface area contributed by atoms with Crippen LogP contribution in [0.15, 0.2) is 29.1 Å². The third-order valence-corrected chi connectivity index (χ3v) is 4.52. The van der Waals surface area contributed by atoms with Crippen LogP contribution < -0.4 is 25.7 Å². The Labute approximate surface area is 150 Å². The molecule has 26 heavy (non-hydrogen) atoms. The van der Waals surface area contributed by atoms with E-state index >= 15 is 0 Å². The first kappa shape index (κ1) is 16.4. The predicted molar refractivity (Wildman–Crippen MR) is 93.3 cm³/mol. The fourth-order valence-electron chi connectivity index (χ4n) is 3.17. The third kappa shape index (κ3) is 3.49. The van der Waals surface area contributed by atoms with Gasteiger partial charge >= 0.3 is 6.03 Å². The largest absolute Gasteiger partial charge is 0.454 e. The summed E-state index contributed by atoms with van der Waals surface area (Å²) in [5.41, 5.74) is 2.85. The van der Waals surface area contributed by atoms with Gasteiger partial charge in [-0.2, -0.15) is 5.10 Å². The molecule has 0 fully saturated rings. The van der Waals surface area contributed by atoms with Crippen molar-refractivity contribution in [3.05, 3.63) is 51.4 Å². The summed E-state index contributed by atoms with van der Waals surface area (Å²) in [5.74, 6) is 1.40. The zero-order chi connectivity index (χ0) is 17.9. The molecule has 2 aromatic rings. The number of amides is 2. The second-order valence-electron chi connectivity index (χ2n) is 6.33. The van der Waals surface area contributed by atoms with Gasteiger partial charge in [0.25, 0.3) is 5.56 Å². The molecule has 0 atom stereocenters. The minimum absolute atomic E-state index is 0.117. The Bertz CT molecular complexity index is 893. The average molecular weight is 356 g/mol. The molecule has 1 aromatic carbocycles. The van der Waals surface area contributed by atoms with Crippen LogP contribution in [0.1, 0.15) is 23.2 Å². The first-order chi connectivity index (χ1) is 12.7. The van der Waals surface area contributed by atoms with Crippen LogP contribution >= 0.6 is 0 Å². The number of ether oxygens (including phenoxy) is 2. The molecule has 2 amide bonds. The number of aryl methyl sites for hydroxylation is 2. The van der Waals surface area contributed by atoms with Gasteiger partial charge in [0.1, 0.15) is 0 Å². The maximum atomic E-state index is 12.0. The SMILES string of the molecule is O=C(NCCn1nc2c(cc1=O)CCC2)NCc1ccc2c(c1)OCO2. The van der Waals surface area contributed by atoms with Crippen LogP contribution in [0.5, 0.6) is 11.5 Å². The van der Waals surface area contributed by atoms with Crippen LogP contribution in [-0.2, 0) is 25.9 Å². The van der Waals surface area contributed by atoms with Gasteiger partial charge in [-0.3, -0.25) is 4.79 Å². The molecule has 0 saturated heterocycles. The Balaban J connectivity index is 1.25. The van der Waals surface area contributed by atoms with Crippen LogP contribution in [-0.4, -0.2) is 29.1 Å². The van der Waals surface area contributed by atoms with Crippen molar-refractivity contribution in [2.24, 2.45) is 0 Å². The lowest BCUT2D eigenvalue weighted by atomic mass is 10.2. The Morgan fingerprint density at radius 1 is 1.15 bits per heavy atom. The van der Waals surface area contributed by atoms with Gasteiger partial charge in [-0.15, -0.1) is 0 Å². The number of benzene rings is 1. The summed E-state index contributed by atoms with van der Waals surface area (Å²) in [6.45, 7) is 1.28. The number of aromatic nitrogens is 2. The molecule has 8 nitrogen and oxygen atoms in total. The van der Waals surface area contributed by atoms with Crippen molar-refractivity contribution in [2.45, 2.75) is 32.4 Å². The molecular formula is C18H20N4O4. The lowest BCUT2D eigenvalue weighted by molar-refractivity contribution is 0.174. The van der Waals surface area contributed by atoms with E-state index in [0.717, 1.165) is 36.1 Å². The normalized spacial score (nSPS) is 14.2. The second kappa shape index (κ2) is 7.07. The fraction of sp³-hybridized carbons (Fsp3) is 0.389. The standard InChI is InChI=1S/C18H20N4O4/c23-17-9-13-2-1-3-14(13)21-22(17)7-6-19-18(24)20-10-12-4-5-15-16(8-12)26-11-25-15/h4-5,8-9H,1-3,6-7,10-11H2,(H2,19,20,24). The van der Waals surface area contributed by atoms with Gasteiger partial charge in [-0.25, -0.2) is 9.48 Å². The molecule has 2 N–H and O–H groups in total. The van der Waals surface area contributed by atoms with Gasteiger partial charge in [-0.05, 0) is 42.5 Å². The first-order valence-corrected chi connectivity index (χ1v) is 8.69. The molecule has 8 heteroatoms. The number of carbonyl (C=O) groups excluding carboxylic acids is 1. The molecule has 0 radical (unpaired) electrons. The molecule has 1 aliphatic carbocycles. The number of carbonyl (C=O) groups is 1. The molecule has 1 aromatic heterocycles. The second-order valence-corrected chi connectivity index (χ2v) is 6.33. The van der Waals surface area contributed by atoms with E-state index in [4.69, 9.17) is 9.47 Å². The highest BCUT2D eigenvalue weighted by atomic mass is 16.7. The number of fused-ring (bicyclic) bond motifs is 2. The van der Waals surface area contributed by atoms with Crippen LogP contribution in [0.4, 0.5) is 4.79 Å². The van der Waals surface area contributed by atoms with E-state index in [2.05, 4.69) is 15.7 Å². The van der Waals surface area contributed by atoms with E-state index in [9.17, 15) is 9.59 Å². The van der Waals surface area contributed by atoms with Crippen molar-refractivity contribution in [1.82, 2.24) is 20.4 Å². The van der Waals surface area contributed by atoms with Crippen LogP contribution in [0.3, 0.4) is 0 Å². The average Bonchev–Trinajstić information content (AvgIpc) is 3.28. The van der Waals surface area contributed by atoms with Crippen LogP contribution in [0, 0.1) is 0 Å². The minimum atomic E-state index is -0.295. The predicted octanol–water partition coefficient (Wildman–Crippen LogP) is 0.960. The Hall–Kier alpha value is -3.03. The fourth-order valence-corrected chi connectivity index (χ4v) is 3.17. The summed E-state index contributed by atoms with van der Waals surface area (Å²) in [7, 11) is 0. The van der Waals surface area contributed by atoms with Gasteiger partial charge in [0.2, 0.25) is 6.79 Å². The van der Waals surface area contributed by atoms with Crippen LogP contribution in [0.2, 0.25) is 0 Å². The first-order valence-electron chi connectivity index (χ1n) is 8.69. The molecule has 1 aliphatic heterocycles. The molecule has 0 saturated carbocycles. The highest BCUT2D eigenvalue weighted by molar-refractivity contribution is 5.73. The number of hydrogen-bond donors (Lipinski definition) is 2. The zero-order valence-corrected chi connectivity index (χ0v) is 14.3. The van der Waals surface area contributed by atoms with Gasteiger partial charge in [0.15, 0.2) is 11.5 Å². The highest BCUT2D eigenvalue weighted by Crippen LogP contribution is 2.32. The quantitative estimate of drug-likeness (QED) is 0.832. The van der Waals surface area contributed by atoms with E-state index in [1.165, 1.54) is 4.68 Å². The van der Waals surface area contributed by atoms with Crippen molar-refractivity contribution >= 4 is 6.03 Å². The van der Waals surface area contributed by atoms with E-state index in [-0.39, 0.29) is 18.4 Å². The lowest BCUT2D eigenvalue weighted by Gasteiger charge is -2.10. The van der Waals surface area contributed by atoms with E-state index in [1.807, 2.05) is 18.2 Å². The van der Waals surface area contributed by atoms with Crippen molar-refractivity contribution in [2.75, 3.05) is 13.3 Å². The molecule has 4 rings (SSSR count). The van der Waals surface area contributed by atoms with E-state index in [0.29, 0.717) is 31.1 Å². The van der Waals surface area contributed by atoms with Crippen molar-refractivity contribution in [1.29, 1.82) is 0 Å². The molecule has 136 valence electrons. The third-order valence-electron chi connectivity index (χ3n) is 4.52. The minimum Gasteiger partial charge on any atom is -0.454 e. The van der Waals surface area contributed by atoms with Gasteiger partial charge in [-0.1, -0.05) is 6.07 Å². The van der Waals surface area contributed by atoms with Gasteiger partial charge in [0.05, 0.1) is 12.2 Å². The summed E-state index contributed by atoms with van der Waals surface area (Å²) >= 11 is 0. The summed E-state index contributed by atoms with van der Waals surface area (Å²) in [6.07, 6.45) is 2.89. The zero-order valence-electron chi connectivity index (χ0n) is 14.3. The number of urea groups is 1. The van der Waals surface area contributed by atoms with Gasteiger partial charge in [0, 0.05) is 19.2 Å². The molecule has 0 spiro atoms.